The monoisotopic (exact) mass is 315 g/mol. The average Bonchev–Trinajstić information content (AvgIpc) is 2.54. The number of aromatic amines is 1. The predicted octanol–water partition coefficient (Wildman–Crippen LogP) is 2.19. The van der Waals surface area contributed by atoms with Crippen LogP contribution in [0, 0.1) is 6.92 Å². The molecular weight excluding hydrogens is 288 g/mol. The Bertz CT molecular complexity index is 751. The second-order valence-corrected chi connectivity index (χ2v) is 6.68. The number of hydrogen-bond donors (Lipinski definition) is 2. The highest BCUT2D eigenvalue weighted by Crippen LogP contribution is 2.18. The zero-order chi connectivity index (χ0) is 16.4. The first-order chi connectivity index (χ1) is 11.1. The van der Waals surface area contributed by atoms with E-state index in [9.17, 15) is 4.79 Å². The van der Waals surface area contributed by atoms with Crippen LogP contribution < -0.4 is 15.1 Å². The maximum absolute atomic E-state index is 13.0. The minimum atomic E-state index is 0.156. The number of hydrogen-bond acceptors (Lipinski definition) is 2. The number of pyridine rings is 1. The van der Waals surface area contributed by atoms with E-state index in [-0.39, 0.29) is 5.43 Å². The molecule has 1 aromatic carbocycles. The SMILES string of the molecule is CCOc1ccc2[nH]c(C)c(C[NH+]3CCCC[C@@H]3C)c(=O)c2c1. The standard InChI is InChI=1S/C19H26N2O2/c1-4-23-15-8-9-18-16(11-15)19(22)17(14(3)20-18)12-21-10-6-5-7-13(21)2/h8-9,11,13H,4-7,10,12H2,1-3H3,(H,20,22)/p+1/t13-/m0/s1. The third kappa shape index (κ3) is 3.27. The van der Waals surface area contributed by atoms with Crippen molar-refractivity contribution in [3.05, 3.63) is 39.7 Å². The van der Waals surface area contributed by atoms with Crippen LogP contribution in [0.4, 0.5) is 0 Å². The average molecular weight is 315 g/mol. The minimum Gasteiger partial charge on any atom is -0.494 e. The zero-order valence-corrected chi connectivity index (χ0v) is 14.4. The molecule has 0 saturated carbocycles. The van der Waals surface area contributed by atoms with Crippen LogP contribution >= 0.6 is 0 Å². The molecule has 1 fully saturated rings. The molecule has 2 atom stereocenters. The summed E-state index contributed by atoms with van der Waals surface area (Å²) < 4.78 is 5.55. The molecule has 1 aliphatic rings. The van der Waals surface area contributed by atoms with E-state index in [1.165, 1.54) is 24.2 Å². The normalized spacial score (nSPS) is 21.5. The van der Waals surface area contributed by atoms with Gasteiger partial charge in [0.15, 0.2) is 5.43 Å². The molecule has 1 unspecified atom stereocenters. The van der Waals surface area contributed by atoms with Gasteiger partial charge in [-0.25, -0.2) is 0 Å². The van der Waals surface area contributed by atoms with Crippen LogP contribution in [-0.2, 0) is 6.54 Å². The van der Waals surface area contributed by atoms with Crippen LogP contribution in [0.1, 0.15) is 44.4 Å². The van der Waals surface area contributed by atoms with Gasteiger partial charge in [-0.1, -0.05) is 0 Å². The van der Waals surface area contributed by atoms with Crippen LogP contribution in [0.15, 0.2) is 23.0 Å². The molecule has 2 heterocycles. The molecule has 4 heteroatoms. The summed E-state index contributed by atoms with van der Waals surface area (Å²) >= 11 is 0. The number of fused-ring (bicyclic) bond motifs is 1. The van der Waals surface area contributed by atoms with Gasteiger partial charge in [0.25, 0.3) is 0 Å². The summed E-state index contributed by atoms with van der Waals surface area (Å²) in [6.07, 6.45) is 3.84. The lowest BCUT2D eigenvalue weighted by Crippen LogP contribution is -3.15. The Morgan fingerprint density at radius 3 is 2.91 bits per heavy atom. The number of rotatable bonds is 4. The molecule has 4 nitrogen and oxygen atoms in total. The number of aryl methyl sites for hydroxylation is 1. The van der Waals surface area contributed by atoms with Gasteiger partial charge in [0.05, 0.1) is 24.8 Å². The van der Waals surface area contributed by atoms with Crippen LogP contribution in [0.25, 0.3) is 10.9 Å². The predicted molar refractivity (Wildman–Crippen MR) is 93.3 cm³/mol. The van der Waals surface area contributed by atoms with Crippen molar-refractivity contribution in [3.8, 4) is 5.75 Å². The summed E-state index contributed by atoms with van der Waals surface area (Å²) in [5.41, 5.74) is 2.97. The number of ether oxygens (including phenoxy) is 1. The fraction of sp³-hybridized carbons (Fsp3) is 0.526. The fourth-order valence-corrected chi connectivity index (χ4v) is 3.64. The van der Waals surface area contributed by atoms with Crippen LogP contribution in [0.2, 0.25) is 0 Å². The van der Waals surface area contributed by atoms with Crippen molar-refractivity contribution >= 4 is 10.9 Å². The maximum Gasteiger partial charge on any atom is 0.198 e. The number of benzene rings is 1. The van der Waals surface area contributed by atoms with Gasteiger partial charge in [-0.05, 0) is 58.2 Å². The van der Waals surface area contributed by atoms with E-state index in [0.717, 1.165) is 41.0 Å². The Balaban J connectivity index is 2.00. The summed E-state index contributed by atoms with van der Waals surface area (Å²) in [7, 11) is 0. The molecule has 2 N–H and O–H groups in total. The molecule has 124 valence electrons. The van der Waals surface area contributed by atoms with Gasteiger partial charge < -0.3 is 14.6 Å². The Morgan fingerprint density at radius 2 is 2.17 bits per heavy atom. The summed E-state index contributed by atoms with van der Waals surface area (Å²) in [6.45, 7) is 8.86. The largest absolute Gasteiger partial charge is 0.494 e. The van der Waals surface area contributed by atoms with E-state index in [1.807, 2.05) is 32.0 Å². The number of nitrogens with one attached hydrogen (secondary N) is 2. The zero-order valence-electron chi connectivity index (χ0n) is 14.4. The Morgan fingerprint density at radius 1 is 1.35 bits per heavy atom. The van der Waals surface area contributed by atoms with Crippen molar-refractivity contribution in [2.75, 3.05) is 13.2 Å². The molecule has 2 aromatic rings. The van der Waals surface area contributed by atoms with Crippen molar-refractivity contribution in [2.24, 2.45) is 0 Å². The molecule has 1 aliphatic heterocycles. The van der Waals surface area contributed by atoms with Crippen molar-refractivity contribution in [1.82, 2.24) is 4.98 Å². The molecule has 0 aliphatic carbocycles. The highest BCUT2D eigenvalue weighted by atomic mass is 16.5. The molecule has 0 radical (unpaired) electrons. The van der Waals surface area contributed by atoms with E-state index in [0.29, 0.717) is 12.6 Å². The van der Waals surface area contributed by atoms with E-state index in [4.69, 9.17) is 4.74 Å². The highest BCUT2D eigenvalue weighted by Gasteiger charge is 2.24. The van der Waals surface area contributed by atoms with Gasteiger partial charge in [-0.15, -0.1) is 0 Å². The van der Waals surface area contributed by atoms with Crippen molar-refractivity contribution in [3.63, 3.8) is 0 Å². The second kappa shape index (κ2) is 6.75. The number of quaternary nitrogens is 1. The number of piperidine rings is 1. The first-order valence-electron chi connectivity index (χ1n) is 8.73. The topological polar surface area (TPSA) is 46.5 Å². The van der Waals surface area contributed by atoms with Crippen LogP contribution in [0.3, 0.4) is 0 Å². The lowest BCUT2D eigenvalue weighted by molar-refractivity contribution is -0.942. The maximum atomic E-state index is 13.0. The van der Waals surface area contributed by atoms with Crippen LogP contribution in [0.5, 0.6) is 5.75 Å². The summed E-state index contributed by atoms with van der Waals surface area (Å²) in [5, 5.41) is 0.737. The fourth-order valence-electron chi connectivity index (χ4n) is 3.64. The van der Waals surface area contributed by atoms with Gasteiger partial charge in [-0.3, -0.25) is 4.79 Å². The molecular formula is C19H27N2O2+. The lowest BCUT2D eigenvalue weighted by Gasteiger charge is -2.30. The lowest BCUT2D eigenvalue weighted by atomic mass is 10.0. The molecule has 23 heavy (non-hydrogen) atoms. The molecule has 3 rings (SSSR count). The molecule has 1 aromatic heterocycles. The summed E-state index contributed by atoms with van der Waals surface area (Å²) in [5.74, 6) is 0.763. The van der Waals surface area contributed by atoms with Gasteiger partial charge in [0.1, 0.15) is 12.3 Å². The molecule has 0 bridgehead atoms. The first-order valence-corrected chi connectivity index (χ1v) is 8.73. The number of H-pyrrole nitrogens is 1. The van der Waals surface area contributed by atoms with Gasteiger partial charge in [-0.2, -0.15) is 0 Å². The van der Waals surface area contributed by atoms with Crippen molar-refractivity contribution < 1.29 is 9.64 Å². The van der Waals surface area contributed by atoms with Gasteiger partial charge >= 0.3 is 0 Å². The second-order valence-electron chi connectivity index (χ2n) is 6.68. The quantitative estimate of drug-likeness (QED) is 0.908. The summed E-state index contributed by atoms with van der Waals surface area (Å²) in [6, 6.07) is 6.36. The third-order valence-electron chi connectivity index (χ3n) is 5.08. The van der Waals surface area contributed by atoms with E-state index in [2.05, 4.69) is 11.9 Å². The first kappa shape index (κ1) is 16.1. The van der Waals surface area contributed by atoms with E-state index in [1.54, 1.807) is 0 Å². The molecule has 0 amide bonds. The van der Waals surface area contributed by atoms with Crippen molar-refractivity contribution in [2.45, 2.75) is 52.6 Å². The molecule has 1 saturated heterocycles. The smallest absolute Gasteiger partial charge is 0.198 e. The third-order valence-corrected chi connectivity index (χ3v) is 5.08. The van der Waals surface area contributed by atoms with Crippen LogP contribution in [-0.4, -0.2) is 24.2 Å². The van der Waals surface area contributed by atoms with Gasteiger partial charge in [0, 0.05) is 16.6 Å². The van der Waals surface area contributed by atoms with Gasteiger partial charge in [0.2, 0.25) is 0 Å². The Labute approximate surface area is 137 Å². The highest BCUT2D eigenvalue weighted by molar-refractivity contribution is 5.81. The Hall–Kier alpha value is -1.81. The Kier molecular flexibility index (Phi) is 4.71. The number of aromatic nitrogens is 1. The summed E-state index contributed by atoms with van der Waals surface area (Å²) in [4.78, 5) is 17.9. The number of likely N-dealkylation sites (tertiary alicyclic amines) is 1. The van der Waals surface area contributed by atoms with E-state index >= 15 is 0 Å². The minimum absolute atomic E-state index is 0.156. The van der Waals surface area contributed by atoms with Crippen molar-refractivity contribution in [1.29, 1.82) is 0 Å². The molecule has 0 spiro atoms. The van der Waals surface area contributed by atoms with E-state index < -0.39 is 0 Å².